The van der Waals surface area contributed by atoms with E-state index < -0.39 is 5.25 Å². The Kier molecular flexibility index (Phi) is 6.41. The summed E-state index contributed by atoms with van der Waals surface area (Å²) in [5, 5.41) is 5.90. The highest BCUT2D eigenvalue weighted by atomic mass is 32.2. The summed E-state index contributed by atoms with van der Waals surface area (Å²) in [6, 6.07) is 9.94. The Bertz CT molecular complexity index is 981. The number of carbonyl (C=O) groups is 3. The van der Waals surface area contributed by atoms with Gasteiger partial charge in [0.15, 0.2) is 5.17 Å². The summed E-state index contributed by atoms with van der Waals surface area (Å²) < 4.78 is 5.29. The van der Waals surface area contributed by atoms with Crippen molar-refractivity contribution in [1.82, 2.24) is 10.2 Å². The molecule has 1 saturated heterocycles. The molecule has 0 bridgehead atoms. The first-order valence-corrected chi connectivity index (χ1v) is 11.2. The minimum Gasteiger partial charge on any atom is -0.467 e. The van der Waals surface area contributed by atoms with E-state index >= 15 is 0 Å². The molecule has 0 spiro atoms. The van der Waals surface area contributed by atoms with Gasteiger partial charge in [0.05, 0.1) is 12.3 Å². The van der Waals surface area contributed by atoms with Gasteiger partial charge in [-0.15, -0.1) is 0 Å². The number of amidine groups is 1. The fourth-order valence-electron chi connectivity index (χ4n) is 3.53. The third kappa shape index (κ3) is 5.16. The molecular weight excluding hydrogens is 416 g/mol. The lowest BCUT2D eigenvalue weighted by molar-refractivity contribution is -0.121. The molecule has 31 heavy (non-hydrogen) atoms. The lowest BCUT2D eigenvalue weighted by Gasteiger charge is -2.16. The molecule has 0 aliphatic carbocycles. The van der Waals surface area contributed by atoms with E-state index in [0.717, 1.165) is 31.1 Å². The Hall–Kier alpha value is -3.07. The number of amides is 3. The van der Waals surface area contributed by atoms with Gasteiger partial charge in [0.2, 0.25) is 5.91 Å². The topological polar surface area (TPSA) is 104 Å². The number of thioether (sulfide) groups is 1. The van der Waals surface area contributed by atoms with Crippen LogP contribution in [0.5, 0.6) is 0 Å². The predicted molar refractivity (Wildman–Crippen MR) is 119 cm³/mol. The summed E-state index contributed by atoms with van der Waals surface area (Å²) in [4.78, 5) is 43.2. The number of benzene rings is 1. The van der Waals surface area contributed by atoms with Crippen LogP contribution in [0.4, 0.5) is 5.69 Å². The van der Waals surface area contributed by atoms with Crippen molar-refractivity contribution in [3.63, 3.8) is 0 Å². The quantitative estimate of drug-likeness (QED) is 0.715. The first-order valence-electron chi connectivity index (χ1n) is 10.3. The van der Waals surface area contributed by atoms with Crippen LogP contribution >= 0.6 is 11.8 Å². The van der Waals surface area contributed by atoms with Gasteiger partial charge in [0, 0.05) is 30.8 Å². The van der Waals surface area contributed by atoms with E-state index in [0.29, 0.717) is 17.0 Å². The van der Waals surface area contributed by atoms with E-state index in [4.69, 9.17) is 4.42 Å². The molecule has 1 aromatic carbocycles. The number of hydrogen-bond acceptors (Lipinski definition) is 6. The van der Waals surface area contributed by atoms with Gasteiger partial charge < -0.3 is 20.0 Å². The van der Waals surface area contributed by atoms with Crippen LogP contribution < -0.4 is 10.6 Å². The summed E-state index contributed by atoms with van der Waals surface area (Å²) in [5.41, 5.74) is 1.04. The second-order valence-corrected chi connectivity index (χ2v) is 8.74. The van der Waals surface area contributed by atoms with Gasteiger partial charge in [-0.25, -0.2) is 0 Å². The molecule has 8 nitrogen and oxygen atoms in total. The van der Waals surface area contributed by atoms with Gasteiger partial charge in [-0.1, -0.05) is 11.8 Å². The maximum atomic E-state index is 12.4. The van der Waals surface area contributed by atoms with Crippen molar-refractivity contribution >= 4 is 40.3 Å². The van der Waals surface area contributed by atoms with Crippen molar-refractivity contribution in [1.29, 1.82) is 0 Å². The summed E-state index contributed by atoms with van der Waals surface area (Å²) >= 11 is 1.37. The number of furan rings is 1. The van der Waals surface area contributed by atoms with Crippen molar-refractivity contribution in [2.24, 2.45) is 4.99 Å². The van der Waals surface area contributed by atoms with Crippen molar-refractivity contribution in [3.05, 3.63) is 54.0 Å². The van der Waals surface area contributed by atoms with Crippen molar-refractivity contribution in [2.75, 3.05) is 18.4 Å². The van der Waals surface area contributed by atoms with E-state index in [1.54, 1.807) is 42.7 Å². The Morgan fingerprint density at radius 1 is 1.23 bits per heavy atom. The fourth-order valence-corrected chi connectivity index (χ4v) is 4.64. The monoisotopic (exact) mass is 440 g/mol. The van der Waals surface area contributed by atoms with Crippen LogP contribution in [0, 0.1) is 0 Å². The van der Waals surface area contributed by atoms with Crippen LogP contribution in [0.1, 0.15) is 48.3 Å². The van der Waals surface area contributed by atoms with Gasteiger partial charge in [-0.2, -0.15) is 4.99 Å². The molecule has 1 fully saturated rings. The Balaban J connectivity index is 1.27. The molecule has 4 rings (SSSR count). The van der Waals surface area contributed by atoms with E-state index in [9.17, 15) is 14.4 Å². The van der Waals surface area contributed by atoms with Crippen LogP contribution in [-0.4, -0.2) is 46.1 Å². The maximum absolute atomic E-state index is 12.4. The van der Waals surface area contributed by atoms with Gasteiger partial charge in [-0.3, -0.25) is 14.4 Å². The zero-order valence-electron chi connectivity index (χ0n) is 17.2. The second-order valence-electron chi connectivity index (χ2n) is 7.57. The molecule has 2 N–H and O–H groups in total. The van der Waals surface area contributed by atoms with Crippen LogP contribution in [0.3, 0.4) is 0 Å². The van der Waals surface area contributed by atoms with Crippen LogP contribution in [0.2, 0.25) is 0 Å². The molecule has 9 heteroatoms. The molecule has 162 valence electrons. The smallest absolute Gasteiger partial charge is 0.262 e. The number of rotatable bonds is 6. The van der Waals surface area contributed by atoms with E-state index in [1.807, 2.05) is 6.92 Å². The molecule has 2 atom stereocenters. The molecule has 3 amide bonds. The molecule has 0 unspecified atom stereocenters. The molecule has 2 aliphatic heterocycles. The van der Waals surface area contributed by atoms with E-state index in [2.05, 4.69) is 20.5 Å². The minimum atomic E-state index is -0.483. The number of nitrogens with zero attached hydrogens (tertiary/aromatic N) is 2. The van der Waals surface area contributed by atoms with Gasteiger partial charge in [0.25, 0.3) is 11.8 Å². The Labute approximate surface area is 184 Å². The summed E-state index contributed by atoms with van der Waals surface area (Å²) in [7, 11) is 0. The minimum absolute atomic E-state index is 0.0627. The van der Waals surface area contributed by atoms with Crippen molar-refractivity contribution < 1.29 is 18.8 Å². The fraction of sp³-hybridized carbons (Fsp3) is 0.364. The van der Waals surface area contributed by atoms with Gasteiger partial charge in [0.1, 0.15) is 11.0 Å². The van der Waals surface area contributed by atoms with Gasteiger partial charge in [-0.05, 0) is 56.2 Å². The third-order valence-corrected chi connectivity index (χ3v) is 6.44. The van der Waals surface area contributed by atoms with Crippen molar-refractivity contribution in [2.45, 2.75) is 37.5 Å². The zero-order chi connectivity index (χ0) is 21.8. The number of aliphatic imine (C=N–C) groups is 1. The van der Waals surface area contributed by atoms with Gasteiger partial charge >= 0.3 is 0 Å². The van der Waals surface area contributed by atoms with Crippen LogP contribution in [0.25, 0.3) is 0 Å². The molecule has 2 aromatic rings. The predicted octanol–water partition coefficient (Wildman–Crippen LogP) is 3.19. The Morgan fingerprint density at radius 2 is 1.97 bits per heavy atom. The SMILES string of the molecule is C[C@H](NC(=O)c1ccc(NC(=O)C[C@@H]2SC(N3CCCC3)=NC2=O)cc1)c1ccco1. The third-order valence-electron chi connectivity index (χ3n) is 5.22. The zero-order valence-corrected chi connectivity index (χ0v) is 18.0. The number of carbonyl (C=O) groups excluding carboxylic acids is 3. The number of nitrogens with one attached hydrogen (secondary N) is 2. The first kappa shape index (κ1) is 21.2. The van der Waals surface area contributed by atoms with E-state index in [-0.39, 0.29) is 30.2 Å². The molecule has 0 radical (unpaired) electrons. The summed E-state index contributed by atoms with van der Waals surface area (Å²) in [6.07, 6.45) is 3.84. The molecule has 0 saturated carbocycles. The highest BCUT2D eigenvalue weighted by Crippen LogP contribution is 2.29. The summed E-state index contributed by atoms with van der Waals surface area (Å²) in [6.45, 7) is 3.67. The molecule has 3 heterocycles. The highest BCUT2D eigenvalue weighted by molar-refractivity contribution is 8.15. The van der Waals surface area contributed by atoms with E-state index in [1.165, 1.54) is 11.8 Å². The molecule has 2 aliphatic rings. The number of anilines is 1. The largest absolute Gasteiger partial charge is 0.467 e. The number of hydrogen-bond donors (Lipinski definition) is 2. The second kappa shape index (κ2) is 9.38. The lowest BCUT2D eigenvalue weighted by atomic mass is 10.1. The average molecular weight is 441 g/mol. The molecular formula is C22H24N4O4S. The summed E-state index contributed by atoms with van der Waals surface area (Å²) in [5.74, 6) is -0.0677. The highest BCUT2D eigenvalue weighted by Gasteiger charge is 2.33. The average Bonchev–Trinajstić information content (AvgIpc) is 3.51. The van der Waals surface area contributed by atoms with Crippen LogP contribution in [-0.2, 0) is 9.59 Å². The maximum Gasteiger partial charge on any atom is 0.262 e. The first-order chi connectivity index (χ1) is 15.0. The lowest BCUT2D eigenvalue weighted by Crippen LogP contribution is -2.26. The number of likely N-dealkylation sites (tertiary alicyclic amines) is 1. The molecule has 1 aromatic heterocycles. The normalized spacial score (nSPS) is 19.3. The van der Waals surface area contributed by atoms with Crippen LogP contribution in [0.15, 0.2) is 52.1 Å². The van der Waals surface area contributed by atoms with Crippen molar-refractivity contribution in [3.8, 4) is 0 Å². The standard InChI is InChI=1S/C22H24N4O4S/c1-14(17-5-4-12-30-17)23-20(28)15-6-8-16(9-7-15)24-19(27)13-18-21(29)25-22(31-18)26-10-2-3-11-26/h4-9,12,14,18H,2-3,10-11,13H2,1H3,(H,23,28)(H,24,27)/t14-,18-/m0/s1. The Morgan fingerprint density at radius 3 is 2.65 bits per heavy atom.